The maximum Gasteiger partial charge on any atom is 1.00 e. The third kappa shape index (κ3) is 18.0. The first-order valence-corrected chi connectivity index (χ1v) is 5.00. The van der Waals surface area contributed by atoms with Gasteiger partial charge >= 0.3 is 59.1 Å². The van der Waals surface area contributed by atoms with Gasteiger partial charge in [-0.15, -0.1) is 0 Å². The van der Waals surface area contributed by atoms with E-state index >= 15 is 0 Å². The molecule has 2 atom stereocenters. The van der Waals surface area contributed by atoms with Gasteiger partial charge in [-0.2, -0.15) is 0 Å². The van der Waals surface area contributed by atoms with Gasteiger partial charge in [-0.05, 0) is 0 Å². The zero-order chi connectivity index (χ0) is 5.86. The maximum atomic E-state index is 9.38. The monoisotopic (exact) mass is 206 g/mol. The molecule has 2 unspecified atom stereocenters. The second kappa shape index (κ2) is 10.6. The molecule has 0 saturated carbocycles. The summed E-state index contributed by atoms with van der Waals surface area (Å²) in [5.41, 5.74) is 0. The molecule has 9 heteroatoms. The van der Waals surface area contributed by atoms with E-state index in [1.807, 2.05) is 0 Å². The van der Waals surface area contributed by atoms with Gasteiger partial charge in [0.15, 0.2) is 0 Å². The summed E-state index contributed by atoms with van der Waals surface area (Å²) in [5.74, 6) is 0. The second-order valence-electron chi connectivity index (χ2n) is 0.476. The van der Waals surface area contributed by atoms with Crippen molar-refractivity contribution in [2.75, 3.05) is 0 Å². The quantitative estimate of drug-likeness (QED) is 0.255. The molecule has 0 bridgehead atoms. The van der Waals surface area contributed by atoms with Crippen LogP contribution in [0.3, 0.4) is 0 Å². The van der Waals surface area contributed by atoms with Gasteiger partial charge in [0.1, 0.15) is 0 Å². The van der Waals surface area contributed by atoms with Crippen LogP contribution >= 0.6 is 9.83 Å². The van der Waals surface area contributed by atoms with Gasteiger partial charge < -0.3 is 9.11 Å². The fourth-order valence-electron chi connectivity index (χ4n) is 0.0454. The Morgan fingerprint density at radius 3 is 1.22 bits per heavy atom. The van der Waals surface area contributed by atoms with E-state index in [0.29, 0.717) is 0 Å². The Hall–Kier alpha value is 2.57. The van der Waals surface area contributed by atoms with Crippen LogP contribution in [-0.2, 0) is 20.2 Å². The van der Waals surface area contributed by atoms with E-state index < -0.39 is 20.2 Å². The van der Waals surface area contributed by atoms with Crippen LogP contribution in [0.2, 0.25) is 0 Å². The minimum absolute atomic E-state index is 0. The van der Waals surface area contributed by atoms with Gasteiger partial charge in [-0.25, -0.2) is 0 Å². The molecule has 0 amide bonds. The SMILES string of the molecule is O=S([O-])SS(=O)[O-].[Na+].[Na+]. The third-order valence-corrected chi connectivity index (χ3v) is 3.00. The predicted molar refractivity (Wildman–Crippen MR) is 25.4 cm³/mol. The average molecular weight is 206 g/mol. The second-order valence-corrected chi connectivity index (χ2v) is 4.69. The molecule has 0 N–H and O–H groups in total. The van der Waals surface area contributed by atoms with E-state index in [1.165, 1.54) is 0 Å². The van der Waals surface area contributed by atoms with E-state index in [9.17, 15) is 17.5 Å². The van der Waals surface area contributed by atoms with Crippen LogP contribution in [0.4, 0.5) is 0 Å². The zero-order valence-electron chi connectivity index (χ0n) is 4.86. The van der Waals surface area contributed by atoms with Gasteiger partial charge in [-0.1, -0.05) is 0 Å². The molecule has 44 valence electrons. The first kappa shape index (κ1) is 17.6. The topological polar surface area (TPSA) is 80.3 Å². The van der Waals surface area contributed by atoms with Crippen molar-refractivity contribution in [1.29, 1.82) is 0 Å². The standard InChI is InChI=1S/2Na.H2O4S3/c;;1-6(2)5-7(3)4/h;;(H,1,2)(H,3,4)/q2*+1;/p-2. The fraction of sp³-hybridized carbons (Fsp3) is 0. The van der Waals surface area contributed by atoms with Crippen molar-refractivity contribution in [3.05, 3.63) is 0 Å². The van der Waals surface area contributed by atoms with Crippen LogP contribution in [-0.4, -0.2) is 17.5 Å². The van der Waals surface area contributed by atoms with Crippen molar-refractivity contribution in [3.63, 3.8) is 0 Å². The van der Waals surface area contributed by atoms with E-state index in [2.05, 4.69) is 0 Å². The van der Waals surface area contributed by atoms with Crippen LogP contribution in [0.5, 0.6) is 0 Å². The molecule has 0 aromatic heterocycles. The van der Waals surface area contributed by atoms with E-state index in [1.54, 1.807) is 0 Å². The Bertz CT molecular complexity index is 90.0. The molecule has 0 aromatic carbocycles. The third-order valence-electron chi connectivity index (χ3n) is 0.111. The molecule has 0 aliphatic carbocycles. The predicted octanol–water partition coefficient (Wildman–Crippen LogP) is -6.68. The Labute approximate surface area is 105 Å². The molecule has 0 spiro atoms. The minimum Gasteiger partial charge on any atom is -0.763 e. The van der Waals surface area contributed by atoms with Crippen LogP contribution in [0.15, 0.2) is 0 Å². The molecule has 4 nitrogen and oxygen atoms in total. The molecular weight excluding hydrogens is 206 g/mol. The first-order chi connectivity index (χ1) is 3.13. The molecule has 0 heterocycles. The minimum atomic E-state index is -2.54. The van der Waals surface area contributed by atoms with Gasteiger partial charge in [0.05, 0.1) is 0 Å². The van der Waals surface area contributed by atoms with Crippen LogP contribution in [0.25, 0.3) is 0 Å². The van der Waals surface area contributed by atoms with Crippen molar-refractivity contribution < 1.29 is 76.6 Å². The van der Waals surface area contributed by atoms with E-state index in [0.717, 1.165) is 0 Å². The summed E-state index contributed by atoms with van der Waals surface area (Å²) in [5, 5.41) is 0. The molecular formula is Na2O4S3. The van der Waals surface area contributed by atoms with Gasteiger partial charge in [0.2, 0.25) is 0 Å². The molecule has 0 rings (SSSR count). The average Bonchev–Trinajstić information content (AvgIpc) is 1.27. The Morgan fingerprint density at radius 1 is 1.00 bits per heavy atom. The van der Waals surface area contributed by atoms with Crippen LogP contribution in [0.1, 0.15) is 0 Å². The molecule has 9 heavy (non-hydrogen) atoms. The maximum absolute atomic E-state index is 9.38. The van der Waals surface area contributed by atoms with E-state index in [4.69, 9.17) is 0 Å². The van der Waals surface area contributed by atoms with Crippen molar-refractivity contribution >= 4 is 30.1 Å². The van der Waals surface area contributed by atoms with Crippen LogP contribution < -0.4 is 59.1 Å². The summed E-state index contributed by atoms with van der Waals surface area (Å²) >= 11 is 0. The fourth-order valence-corrected chi connectivity index (χ4v) is 1.22. The van der Waals surface area contributed by atoms with Gasteiger partial charge in [0, 0.05) is 30.1 Å². The zero-order valence-corrected chi connectivity index (χ0v) is 11.3. The molecule has 0 aliphatic rings. The summed E-state index contributed by atoms with van der Waals surface area (Å²) in [7, 11) is -5.24. The smallest absolute Gasteiger partial charge is 0.763 e. The van der Waals surface area contributed by atoms with Crippen molar-refractivity contribution in [2.24, 2.45) is 0 Å². The normalized spacial score (nSPS) is 14.4. The van der Waals surface area contributed by atoms with Gasteiger partial charge in [-0.3, -0.25) is 8.42 Å². The molecule has 0 aromatic rings. The number of rotatable bonds is 2. The van der Waals surface area contributed by atoms with Crippen molar-refractivity contribution in [1.82, 2.24) is 0 Å². The van der Waals surface area contributed by atoms with E-state index in [-0.39, 0.29) is 68.9 Å². The summed E-state index contributed by atoms with van der Waals surface area (Å²) < 4.78 is 37.5. The molecule has 0 fully saturated rings. The largest absolute Gasteiger partial charge is 1.00 e. The van der Waals surface area contributed by atoms with Crippen LogP contribution in [0, 0.1) is 0 Å². The molecule has 0 saturated heterocycles. The van der Waals surface area contributed by atoms with Gasteiger partial charge in [0.25, 0.3) is 0 Å². The summed E-state index contributed by atoms with van der Waals surface area (Å²) in [6.07, 6.45) is 0. The number of hydrogen-bond donors (Lipinski definition) is 0. The Kier molecular flexibility index (Phi) is 20.7. The summed E-state index contributed by atoms with van der Waals surface area (Å²) in [6.45, 7) is 0. The Balaban J connectivity index is -0.000000180. The first-order valence-electron chi connectivity index (χ1n) is 1.00. The van der Waals surface area contributed by atoms with Crippen molar-refractivity contribution in [3.8, 4) is 0 Å². The van der Waals surface area contributed by atoms with Crippen molar-refractivity contribution in [2.45, 2.75) is 0 Å². The Morgan fingerprint density at radius 2 is 1.22 bits per heavy atom. The summed E-state index contributed by atoms with van der Waals surface area (Å²) in [4.78, 5) is 0. The molecule has 0 aliphatic heterocycles. The number of hydrogen-bond acceptors (Lipinski definition) is 5. The summed E-state index contributed by atoms with van der Waals surface area (Å²) in [6, 6.07) is 0. The molecule has 0 radical (unpaired) electrons.